The number of piperidine rings is 1. The summed E-state index contributed by atoms with van der Waals surface area (Å²) in [4.78, 5) is 12.9. The predicted octanol–water partition coefficient (Wildman–Crippen LogP) is 1.40. The van der Waals surface area contributed by atoms with Crippen molar-refractivity contribution in [3.63, 3.8) is 0 Å². The maximum Gasteiger partial charge on any atom is 0.408 e. The molecule has 3 N–H and O–H groups in total. The highest BCUT2D eigenvalue weighted by molar-refractivity contribution is 5.68. The van der Waals surface area contributed by atoms with Gasteiger partial charge < -0.3 is 10.8 Å². The van der Waals surface area contributed by atoms with Crippen LogP contribution in [0.15, 0.2) is 0 Å². The topological polar surface area (TPSA) is 66.6 Å². The first-order chi connectivity index (χ1) is 6.37. The van der Waals surface area contributed by atoms with E-state index in [0.29, 0.717) is 0 Å². The van der Waals surface area contributed by atoms with Crippen LogP contribution in [-0.2, 0) is 0 Å². The minimum Gasteiger partial charge on any atom is -0.465 e. The van der Waals surface area contributed by atoms with E-state index in [1.165, 1.54) is 0 Å². The van der Waals surface area contributed by atoms with Gasteiger partial charge in [0.2, 0.25) is 0 Å². The lowest BCUT2D eigenvalue weighted by molar-refractivity contribution is 0.0139. The molecule has 3 atom stereocenters. The van der Waals surface area contributed by atoms with Gasteiger partial charge in [-0.3, -0.25) is 4.90 Å². The fourth-order valence-electron chi connectivity index (χ4n) is 3.46. The number of hydrogen-bond acceptors (Lipinski definition) is 2. The highest BCUT2D eigenvalue weighted by atomic mass is 16.4. The number of fused-ring (bicyclic) bond motifs is 2. The Morgan fingerprint density at radius 1 is 1.36 bits per heavy atom. The van der Waals surface area contributed by atoms with E-state index in [-0.39, 0.29) is 17.1 Å². The molecule has 4 heteroatoms. The molecule has 14 heavy (non-hydrogen) atoms. The Hall–Kier alpha value is -0.770. The maximum atomic E-state index is 11.2. The molecule has 2 heterocycles. The normalized spacial score (nSPS) is 46.8. The molecule has 0 aliphatic carbocycles. The molecule has 0 radical (unpaired) electrons. The minimum atomic E-state index is -0.792. The third-order valence-corrected chi connectivity index (χ3v) is 3.88. The molecule has 0 saturated carbocycles. The van der Waals surface area contributed by atoms with Crippen LogP contribution in [0, 0.1) is 0 Å². The van der Waals surface area contributed by atoms with Crippen molar-refractivity contribution in [2.24, 2.45) is 5.73 Å². The van der Waals surface area contributed by atoms with E-state index in [1.54, 1.807) is 4.90 Å². The quantitative estimate of drug-likeness (QED) is 0.618. The molecule has 2 bridgehead atoms. The second-order valence-corrected chi connectivity index (χ2v) is 5.28. The molecular formula is C10H18N2O2. The molecule has 1 amide bonds. The largest absolute Gasteiger partial charge is 0.465 e. The molecule has 0 aromatic heterocycles. The number of amides is 1. The molecule has 2 aliphatic rings. The van der Waals surface area contributed by atoms with Crippen LogP contribution in [0.25, 0.3) is 0 Å². The predicted molar refractivity (Wildman–Crippen MR) is 53.1 cm³/mol. The second kappa shape index (κ2) is 2.63. The van der Waals surface area contributed by atoms with E-state index < -0.39 is 6.09 Å². The first kappa shape index (κ1) is 9.77. The van der Waals surface area contributed by atoms with Crippen molar-refractivity contribution in [1.29, 1.82) is 0 Å². The average Bonchev–Trinajstić information content (AvgIpc) is 2.15. The van der Waals surface area contributed by atoms with Gasteiger partial charge in [-0.25, -0.2) is 4.79 Å². The molecular weight excluding hydrogens is 180 g/mol. The summed E-state index contributed by atoms with van der Waals surface area (Å²) >= 11 is 0. The molecule has 2 unspecified atom stereocenters. The first-order valence-corrected chi connectivity index (χ1v) is 5.16. The van der Waals surface area contributed by atoms with Crippen LogP contribution in [0.4, 0.5) is 4.79 Å². The first-order valence-electron chi connectivity index (χ1n) is 5.16. The molecule has 0 aromatic rings. The SMILES string of the molecule is CC12CC[C@](C)(CC(N)C1)N2C(=O)O. The molecule has 80 valence electrons. The van der Waals surface area contributed by atoms with Crippen LogP contribution < -0.4 is 5.73 Å². The monoisotopic (exact) mass is 198 g/mol. The zero-order valence-corrected chi connectivity index (χ0v) is 8.79. The van der Waals surface area contributed by atoms with Gasteiger partial charge in [-0.2, -0.15) is 0 Å². The van der Waals surface area contributed by atoms with Gasteiger partial charge in [0.15, 0.2) is 0 Å². The maximum absolute atomic E-state index is 11.2. The smallest absolute Gasteiger partial charge is 0.408 e. The Morgan fingerprint density at radius 2 is 1.79 bits per heavy atom. The van der Waals surface area contributed by atoms with Crippen LogP contribution in [0.1, 0.15) is 39.5 Å². The highest BCUT2D eigenvalue weighted by Gasteiger charge is 2.56. The summed E-state index contributed by atoms with van der Waals surface area (Å²) in [5.41, 5.74) is 5.52. The fraction of sp³-hybridized carbons (Fsp3) is 0.900. The fourth-order valence-corrected chi connectivity index (χ4v) is 3.46. The Morgan fingerprint density at radius 3 is 2.14 bits per heavy atom. The van der Waals surface area contributed by atoms with Gasteiger partial charge in [-0.15, -0.1) is 0 Å². The zero-order chi connectivity index (χ0) is 10.6. The molecule has 2 rings (SSSR count). The van der Waals surface area contributed by atoms with E-state index >= 15 is 0 Å². The molecule has 2 fully saturated rings. The molecule has 4 nitrogen and oxygen atoms in total. The van der Waals surface area contributed by atoms with E-state index in [0.717, 1.165) is 25.7 Å². The number of nitrogens with two attached hydrogens (primary N) is 1. The van der Waals surface area contributed by atoms with Crippen molar-refractivity contribution < 1.29 is 9.90 Å². The van der Waals surface area contributed by atoms with E-state index in [4.69, 9.17) is 5.73 Å². The van der Waals surface area contributed by atoms with Crippen molar-refractivity contribution in [2.75, 3.05) is 0 Å². The van der Waals surface area contributed by atoms with Crippen LogP contribution in [0.2, 0.25) is 0 Å². The van der Waals surface area contributed by atoms with Crippen LogP contribution >= 0.6 is 0 Å². The van der Waals surface area contributed by atoms with Crippen molar-refractivity contribution in [1.82, 2.24) is 4.90 Å². The summed E-state index contributed by atoms with van der Waals surface area (Å²) < 4.78 is 0. The molecule has 2 aliphatic heterocycles. The Labute approximate surface area is 84.1 Å². The van der Waals surface area contributed by atoms with Crippen LogP contribution in [0.3, 0.4) is 0 Å². The number of nitrogens with zero attached hydrogens (tertiary/aromatic N) is 1. The van der Waals surface area contributed by atoms with Gasteiger partial charge in [-0.05, 0) is 39.5 Å². The van der Waals surface area contributed by atoms with E-state index in [1.807, 2.05) is 13.8 Å². The lowest BCUT2D eigenvalue weighted by atomic mass is 9.83. The van der Waals surface area contributed by atoms with Crippen LogP contribution in [0.5, 0.6) is 0 Å². The minimum absolute atomic E-state index is 0.156. The Bertz CT molecular complexity index is 261. The van der Waals surface area contributed by atoms with E-state index in [9.17, 15) is 9.90 Å². The lowest BCUT2D eigenvalue weighted by Gasteiger charge is -2.48. The zero-order valence-electron chi connectivity index (χ0n) is 8.79. The van der Waals surface area contributed by atoms with Crippen molar-refractivity contribution >= 4 is 6.09 Å². The Balaban J connectivity index is 2.38. The summed E-state index contributed by atoms with van der Waals surface area (Å²) in [6.45, 7) is 4.04. The van der Waals surface area contributed by atoms with E-state index in [2.05, 4.69) is 0 Å². The van der Waals surface area contributed by atoms with Gasteiger partial charge in [0.25, 0.3) is 0 Å². The summed E-state index contributed by atoms with van der Waals surface area (Å²) in [6.07, 6.45) is 2.70. The summed E-state index contributed by atoms with van der Waals surface area (Å²) in [6, 6.07) is 0.156. The van der Waals surface area contributed by atoms with Gasteiger partial charge >= 0.3 is 6.09 Å². The molecule has 2 saturated heterocycles. The third-order valence-electron chi connectivity index (χ3n) is 3.88. The number of hydrogen-bond donors (Lipinski definition) is 2. The Kier molecular flexibility index (Phi) is 1.83. The van der Waals surface area contributed by atoms with Crippen molar-refractivity contribution in [3.8, 4) is 0 Å². The van der Waals surface area contributed by atoms with Crippen molar-refractivity contribution in [2.45, 2.75) is 56.7 Å². The molecule has 0 aromatic carbocycles. The number of rotatable bonds is 0. The third kappa shape index (κ3) is 1.13. The molecule has 0 spiro atoms. The van der Waals surface area contributed by atoms with Crippen LogP contribution in [-0.4, -0.2) is 33.2 Å². The van der Waals surface area contributed by atoms with Gasteiger partial charge in [0.05, 0.1) is 0 Å². The van der Waals surface area contributed by atoms with Gasteiger partial charge in [0, 0.05) is 17.1 Å². The number of carboxylic acid groups (broad SMARTS) is 1. The highest BCUT2D eigenvalue weighted by Crippen LogP contribution is 2.49. The summed E-state index contributed by atoms with van der Waals surface area (Å²) in [5, 5.41) is 9.22. The van der Waals surface area contributed by atoms with Crippen molar-refractivity contribution in [3.05, 3.63) is 0 Å². The van der Waals surface area contributed by atoms with Gasteiger partial charge in [0.1, 0.15) is 0 Å². The lowest BCUT2D eigenvalue weighted by Crippen LogP contribution is -2.61. The van der Waals surface area contributed by atoms with Gasteiger partial charge in [-0.1, -0.05) is 0 Å². The standard InChI is InChI=1S/C10H18N2O2/c1-9-3-4-10(2,6-7(11)5-9)12(9)8(13)14/h7H,3-6,11H2,1-2H3,(H,13,14)/t7?,9-,10?/m1/s1. The number of carbonyl (C=O) groups is 1. The second-order valence-electron chi connectivity index (χ2n) is 5.28. The summed E-state index contributed by atoms with van der Waals surface area (Å²) in [5.74, 6) is 0. The summed E-state index contributed by atoms with van der Waals surface area (Å²) in [7, 11) is 0. The average molecular weight is 198 g/mol.